The lowest BCUT2D eigenvalue weighted by Gasteiger charge is -2.41. The van der Waals surface area contributed by atoms with E-state index in [1.165, 1.54) is 31.5 Å². The predicted molar refractivity (Wildman–Crippen MR) is 60.1 cm³/mol. The van der Waals surface area contributed by atoms with Gasteiger partial charge < -0.3 is 10.4 Å². The molecule has 0 amide bonds. The van der Waals surface area contributed by atoms with Gasteiger partial charge in [0, 0.05) is 24.3 Å². The fourth-order valence-electron chi connectivity index (χ4n) is 2.52. The van der Waals surface area contributed by atoms with E-state index in [0.717, 1.165) is 12.2 Å². The van der Waals surface area contributed by atoms with Crippen LogP contribution >= 0.6 is 0 Å². The molecule has 2 aliphatic rings. The molecule has 0 spiro atoms. The average molecular weight is 204 g/mol. The maximum absolute atomic E-state index is 9.43. The number of fused-ring (bicyclic) bond motifs is 1. The first-order chi connectivity index (χ1) is 7.34. The SMILES string of the molecule is Oc1ccc2c(c1)NCCC2N1CCC1. The van der Waals surface area contributed by atoms with Crippen LogP contribution in [-0.4, -0.2) is 29.6 Å². The third kappa shape index (κ3) is 1.47. The number of rotatable bonds is 1. The molecule has 3 rings (SSSR count). The number of nitrogens with one attached hydrogen (secondary N) is 1. The van der Waals surface area contributed by atoms with Crippen molar-refractivity contribution in [2.45, 2.75) is 18.9 Å². The van der Waals surface area contributed by atoms with Crippen molar-refractivity contribution in [3.63, 3.8) is 0 Å². The first kappa shape index (κ1) is 9.04. The van der Waals surface area contributed by atoms with E-state index in [4.69, 9.17) is 0 Å². The molecule has 3 heteroatoms. The van der Waals surface area contributed by atoms with Crippen LogP contribution in [0.3, 0.4) is 0 Å². The van der Waals surface area contributed by atoms with Gasteiger partial charge in [0.05, 0.1) is 0 Å². The standard InChI is InChI=1S/C12H16N2O/c15-9-2-3-10-11(8-9)13-5-4-12(10)14-6-1-7-14/h2-3,8,12-13,15H,1,4-7H2. The van der Waals surface area contributed by atoms with Gasteiger partial charge in [0.15, 0.2) is 0 Å². The zero-order valence-corrected chi connectivity index (χ0v) is 8.74. The Morgan fingerprint density at radius 1 is 1.33 bits per heavy atom. The van der Waals surface area contributed by atoms with E-state index in [2.05, 4.69) is 16.3 Å². The largest absolute Gasteiger partial charge is 0.508 e. The van der Waals surface area contributed by atoms with Gasteiger partial charge in [-0.2, -0.15) is 0 Å². The van der Waals surface area contributed by atoms with Crippen LogP contribution in [0.4, 0.5) is 5.69 Å². The van der Waals surface area contributed by atoms with Crippen molar-refractivity contribution in [2.75, 3.05) is 25.0 Å². The highest BCUT2D eigenvalue weighted by Gasteiger charge is 2.29. The average Bonchev–Trinajstić information content (AvgIpc) is 2.15. The quantitative estimate of drug-likeness (QED) is 0.734. The summed E-state index contributed by atoms with van der Waals surface area (Å²) in [6.45, 7) is 3.47. The first-order valence-corrected chi connectivity index (χ1v) is 5.65. The molecule has 2 aliphatic heterocycles. The second-order valence-electron chi connectivity index (χ2n) is 4.39. The number of phenols is 1. The summed E-state index contributed by atoms with van der Waals surface area (Å²) < 4.78 is 0. The molecule has 80 valence electrons. The highest BCUT2D eigenvalue weighted by Crippen LogP contribution is 2.37. The van der Waals surface area contributed by atoms with E-state index in [1.54, 1.807) is 6.07 Å². The van der Waals surface area contributed by atoms with Gasteiger partial charge in [0.25, 0.3) is 0 Å². The minimum absolute atomic E-state index is 0.352. The second kappa shape index (κ2) is 3.42. The van der Waals surface area contributed by atoms with Crippen LogP contribution in [0.5, 0.6) is 5.75 Å². The van der Waals surface area contributed by atoms with Crippen molar-refractivity contribution < 1.29 is 5.11 Å². The monoisotopic (exact) mass is 204 g/mol. The molecule has 1 atom stereocenters. The Labute approximate surface area is 89.7 Å². The Kier molecular flexibility index (Phi) is 2.06. The van der Waals surface area contributed by atoms with Crippen molar-refractivity contribution in [3.8, 4) is 5.75 Å². The summed E-state index contributed by atoms with van der Waals surface area (Å²) in [6, 6.07) is 6.25. The van der Waals surface area contributed by atoms with Crippen molar-refractivity contribution >= 4 is 5.69 Å². The molecule has 3 nitrogen and oxygen atoms in total. The zero-order chi connectivity index (χ0) is 10.3. The molecule has 2 N–H and O–H groups in total. The lowest BCUT2D eigenvalue weighted by molar-refractivity contribution is 0.112. The minimum Gasteiger partial charge on any atom is -0.508 e. The third-order valence-corrected chi connectivity index (χ3v) is 3.46. The summed E-state index contributed by atoms with van der Waals surface area (Å²) in [5.41, 5.74) is 2.46. The Morgan fingerprint density at radius 3 is 2.93 bits per heavy atom. The third-order valence-electron chi connectivity index (χ3n) is 3.46. The molecule has 1 aromatic carbocycles. The van der Waals surface area contributed by atoms with Gasteiger partial charge in [-0.1, -0.05) is 6.07 Å². The number of likely N-dealkylation sites (tertiary alicyclic amines) is 1. The lowest BCUT2D eigenvalue weighted by Crippen LogP contribution is -2.42. The molecule has 0 aromatic heterocycles. The van der Waals surface area contributed by atoms with E-state index in [9.17, 15) is 5.11 Å². The van der Waals surface area contributed by atoms with Crippen LogP contribution in [0.25, 0.3) is 0 Å². The maximum Gasteiger partial charge on any atom is 0.117 e. The molecular formula is C12H16N2O. The molecule has 2 heterocycles. The first-order valence-electron chi connectivity index (χ1n) is 5.65. The summed E-state index contributed by atoms with van der Waals surface area (Å²) in [5.74, 6) is 0.352. The minimum atomic E-state index is 0.352. The number of hydrogen-bond donors (Lipinski definition) is 2. The van der Waals surface area contributed by atoms with E-state index in [1.807, 2.05) is 6.07 Å². The molecule has 15 heavy (non-hydrogen) atoms. The van der Waals surface area contributed by atoms with Gasteiger partial charge in [-0.05, 0) is 37.6 Å². The number of anilines is 1. The van der Waals surface area contributed by atoms with Crippen LogP contribution in [0.1, 0.15) is 24.4 Å². The molecule has 1 saturated heterocycles. The smallest absolute Gasteiger partial charge is 0.117 e. The molecule has 0 aliphatic carbocycles. The van der Waals surface area contributed by atoms with Gasteiger partial charge in [-0.25, -0.2) is 0 Å². The van der Waals surface area contributed by atoms with Crippen molar-refractivity contribution in [1.29, 1.82) is 0 Å². The van der Waals surface area contributed by atoms with Gasteiger partial charge in [0.1, 0.15) is 5.75 Å². The van der Waals surface area contributed by atoms with E-state index < -0.39 is 0 Å². The molecule has 1 unspecified atom stereocenters. The number of aromatic hydroxyl groups is 1. The predicted octanol–water partition coefficient (Wildman–Crippen LogP) is 1.95. The number of hydrogen-bond acceptors (Lipinski definition) is 3. The molecular weight excluding hydrogens is 188 g/mol. The van der Waals surface area contributed by atoms with Crippen LogP contribution in [-0.2, 0) is 0 Å². The molecule has 0 saturated carbocycles. The number of phenolic OH excluding ortho intramolecular Hbond substituents is 1. The van der Waals surface area contributed by atoms with Crippen molar-refractivity contribution in [3.05, 3.63) is 23.8 Å². The summed E-state index contributed by atoms with van der Waals surface area (Å²) in [7, 11) is 0. The zero-order valence-electron chi connectivity index (χ0n) is 8.74. The lowest BCUT2D eigenvalue weighted by atomic mass is 9.94. The maximum atomic E-state index is 9.43. The van der Waals surface area contributed by atoms with Gasteiger partial charge in [-0.15, -0.1) is 0 Å². The summed E-state index contributed by atoms with van der Waals surface area (Å²) >= 11 is 0. The highest BCUT2D eigenvalue weighted by atomic mass is 16.3. The van der Waals surface area contributed by atoms with Crippen molar-refractivity contribution in [2.24, 2.45) is 0 Å². The van der Waals surface area contributed by atoms with Gasteiger partial charge in [-0.3, -0.25) is 4.90 Å². The fraction of sp³-hybridized carbons (Fsp3) is 0.500. The van der Waals surface area contributed by atoms with Gasteiger partial charge >= 0.3 is 0 Å². The Morgan fingerprint density at radius 2 is 2.20 bits per heavy atom. The Bertz CT molecular complexity index is 374. The molecule has 1 fully saturated rings. The second-order valence-corrected chi connectivity index (χ2v) is 4.39. The summed E-state index contributed by atoms with van der Waals surface area (Å²) in [5, 5.41) is 12.8. The van der Waals surface area contributed by atoms with E-state index in [0.29, 0.717) is 11.8 Å². The molecule has 1 aromatic rings. The van der Waals surface area contributed by atoms with E-state index >= 15 is 0 Å². The van der Waals surface area contributed by atoms with Crippen LogP contribution < -0.4 is 5.32 Å². The summed E-state index contributed by atoms with van der Waals surface area (Å²) in [6.07, 6.45) is 2.51. The topological polar surface area (TPSA) is 35.5 Å². The molecule has 0 radical (unpaired) electrons. The highest BCUT2D eigenvalue weighted by molar-refractivity contribution is 5.57. The van der Waals surface area contributed by atoms with Gasteiger partial charge in [0.2, 0.25) is 0 Å². The van der Waals surface area contributed by atoms with E-state index in [-0.39, 0.29) is 0 Å². The van der Waals surface area contributed by atoms with Crippen LogP contribution in [0, 0.1) is 0 Å². The fourth-order valence-corrected chi connectivity index (χ4v) is 2.52. The summed E-state index contributed by atoms with van der Waals surface area (Å²) in [4.78, 5) is 2.52. The van der Waals surface area contributed by atoms with Crippen LogP contribution in [0.15, 0.2) is 18.2 Å². The van der Waals surface area contributed by atoms with Crippen molar-refractivity contribution in [1.82, 2.24) is 4.90 Å². The molecule has 0 bridgehead atoms. The Balaban J connectivity index is 1.95. The number of nitrogens with zero attached hydrogens (tertiary/aromatic N) is 1. The normalized spacial score (nSPS) is 25.2. The van der Waals surface area contributed by atoms with Crippen LogP contribution in [0.2, 0.25) is 0 Å². The number of benzene rings is 1. The Hall–Kier alpha value is -1.22.